The lowest BCUT2D eigenvalue weighted by molar-refractivity contribution is -0.118. The molecule has 0 bridgehead atoms. The first-order valence-electron chi connectivity index (χ1n) is 7.64. The molecule has 140 valence electrons. The van der Waals surface area contributed by atoms with Crippen molar-refractivity contribution in [3.8, 4) is 11.8 Å². The van der Waals surface area contributed by atoms with Gasteiger partial charge in [0.05, 0.1) is 31.4 Å². The van der Waals surface area contributed by atoms with Gasteiger partial charge in [-0.3, -0.25) is 4.79 Å². The van der Waals surface area contributed by atoms with Crippen LogP contribution < -0.4 is 10.1 Å². The largest absolute Gasteiger partial charge is 0.484 e. The highest BCUT2D eigenvalue weighted by Crippen LogP contribution is 2.34. The third-order valence-corrected chi connectivity index (χ3v) is 4.70. The average Bonchev–Trinajstić information content (AvgIpc) is 3.01. The number of carbonyl (C=O) groups is 3. The molecule has 1 N–H and O–H groups in total. The Morgan fingerprint density at radius 2 is 1.74 bits per heavy atom. The first-order chi connectivity index (χ1) is 12.9. The number of methoxy groups -OCH3 is 2. The predicted molar refractivity (Wildman–Crippen MR) is 97.0 cm³/mol. The van der Waals surface area contributed by atoms with Crippen LogP contribution in [0.3, 0.4) is 0 Å². The van der Waals surface area contributed by atoms with Crippen molar-refractivity contribution in [2.45, 2.75) is 6.92 Å². The van der Waals surface area contributed by atoms with Crippen LogP contribution in [0.5, 0.6) is 5.75 Å². The van der Waals surface area contributed by atoms with Gasteiger partial charge >= 0.3 is 11.9 Å². The van der Waals surface area contributed by atoms with Crippen LogP contribution in [0.2, 0.25) is 0 Å². The fourth-order valence-corrected chi connectivity index (χ4v) is 3.30. The number of thiophene rings is 1. The average molecular weight is 388 g/mol. The number of nitrogens with one attached hydrogen (secondary N) is 1. The van der Waals surface area contributed by atoms with Crippen LogP contribution in [0.25, 0.3) is 0 Å². The first-order valence-corrected chi connectivity index (χ1v) is 8.45. The van der Waals surface area contributed by atoms with Gasteiger partial charge in [0.15, 0.2) is 6.61 Å². The lowest BCUT2D eigenvalue weighted by atomic mass is 10.1. The molecule has 0 fully saturated rings. The molecule has 27 heavy (non-hydrogen) atoms. The maximum absolute atomic E-state index is 12.2. The summed E-state index contributed by atoms with van der Waals surface area (Å²) in [6.45, 7) is 1.24. The van der Waals surface area contributed by atoms with E-state index in [0.717, 1.165) is 11.3 Å². The zero-order valence-corrected chi connectivity index (χ0v) is 15.6. The van der Waals surface area contributed by atoms with Crippen LogP contribution in [-0.2, 0) is 14.3 Å². The van der Waals surface area contributed by atoms with E-state index in [2.05, 4.69) is 10.1 Å². The number of amides is 1. The lowest BCUT2D eigenvalue weighted by Gasteiger charge is -2.08. The van der Waals surface area contributed by atoms with Crippen molar-refractivity contribution < 1.29 is 28.6 Å². The molecule has 1 amide bonds. The third kappa shape index (κ3) is 4.62. The number of benzene rings is 1. The van der Waals surface area contributed by atoms with Crippen molar-refractivity contribution in [3.63, 3.8) is 0 Å². The van der Waals surface area contributed by atoms with E-state index < -0.39 is 17.8 Å². The Hall–Kier alpha value is -3.38. The third-order valence-electron chi connectivity index (χ3n) is 3.51. The Balaban J connectivity index is 2.14. The number of nitriles is 1. The van der Waals surface area contributed by atoms with Gasteiger partial charge in [-0.1, -0.05) is 0 Å². The van der Waals surface area contributed by atoms with Crippen molar-refractivity contribution in [2.24, 2.45) is 0 Å². The summed E-state index contributed by atoms with van der Waals surface area (Å²) < 4.78 is 14.8. The van der Waals surface area contributed by atoms with E-state index in [1.807, 2.05) is 6.07 Å². The highest BCUT2D eigenvalue weighted by atomic mass is 32.1. The van der Waals surface area contributed by atoms with Crippen molar-refractivity contribution in [2.75, 3.05) is 26.1 Å². The molecule has 0 aliphatic carbocycles. The summed E-state index contributed by atoms with van der Waals surface area (Å²) in [7, 11) is 2.43. The molecule has 0 aliphatic heterocycles. The van der Waals surface area contributed by atoms with Crippen molar-refractivity contribution >= 4 is 34.2 Å². The van der Waals surface area contributed by atoms with Gasteiger partial charge in [0.25, 0.3) is 5.91 Å². The molecule has 0 saturated carbocycles. The molecule has 0 unspecified atom stereocenters. The Bertz CT molecular complexity index is 911. The van der Waals surface area contributed by atoms with Gasteiger partial charge in [-0.25, -0.2) is 9.59 Å². The van der Waals surface area contributed by atoms with Crippen LogP contribution in [0.1, 0.15) is 31.2 Å². The van der Waals surface area contributed by atoms with E-state index in [4.69, 9.17) is 14.7 Å². The van der Waals surface area contributed by atoms with Gasteiger partial charge in [0, 0.05) is 0 Å². The Kier molecular flexibility index (Phi) is 6.51. The van der Waals surface area contributed by atoms with E-state index >= 15 is 0 Å². The summed E-state index contributed by atoms with van der Waals surface area (Å²) in [6, 6.07) is 8.24. The zero-order chi connectivity index (χ0) is 20.0. The van der Waals surface area contributed by atoms with Crippen LogP contribution in [0, 0.1) is 18.3 Å². The molecule has 8 nitrogen and oxygen atoms in total. The van der Waals surface area contributed by atoms with E-state index in [0.29, 0.717) is 16.9 Å². The van der Waals surface area contributed by atoms with E-state index in [-0.39, 0.29) is 22.0 Å². The number of esters is 2. The second kappa shape index (κ2) is 8.82. The lowest BCUT2D eigenvalue weighted by Crippen LogP contribution is -2.21. The van der Waals surface area contributed by atoms with E-state index in [1.165, 1.54) is 14.2 Å². The molecule has 1 aromatic heterocycles. The Morgan fingerprint density at radius 1 is 1.11 bits per heavy atom. The number of anilines is 1. The molecule has 2 rings (SSSR count). The molecule has 1 aromatic carbocycles. The van der Waals surface area contributed by atoms with Crippen LogP contribution in [-0.4, -0.2) is 38.7 Å². The molecule has 1 heterocycles. The second-order valence-electron chi connectivity index (χ2n) is 5.22. The normalized spacial score (nSPS) is 9.85. The van der Waals surface area contributed by atoms with Crippen molar-refractivity contribution in [1.29, 1.82) is 5.26 Å². The number of rotatable bonds is 6. The summed E-state index contributed by atoms with van der Waals surface area (Å²) in [5, 5.41) is 11.5. The summed E-state index contributed by atoms with van der Waals surface area (Å²) in [6.07, 6.45) is 0. The fourth-order valence-electron chi connectivity index (χ4n) is 2.17. The molecule has 0 radical (unpaired) electrons. The highest BCUT2D eigenvalue weighted by Gasteiger charge is 2.26. The highest BCUT2D eigenvalue weighted by molar-refractivity contribution is 7.18. The first kappa shape index (κ1) is 19.9. The quantitative estimate of drug-likeness (QED) is 0.756. The summed E-state index contributed by atoms with van der Waals surface area (Å²) >= 11 is 0.919. The van der Waals surface area contributed by atoms with Gasteiger partial charge in [-0.05, 0) is 36.8 Å². The minimum atomic E-state index is -0.679. The van der Waals surface area contributed by atoms with Gasteiger partial charge in [0.1, 0.15) is 15.6 Å². The summed E-state index contributed by atoms with van der Waals surface area (Å²) in [4.78, 5) is 36.2. The Labute approximate surface area is 159 Å². The molecule has 2 aromatic rings. The van der Waals surface area contributed by atoms with Crippen molar-refractivity contribution in [1.82, 2.24) is 0 Å². The van der Waals surface area contributed by atoms with Crippen LogP contribution in [0.15, 0.2) is 24.3 Å². The minimum Gasteiger partial charge on any atom is -0.484 e. The Morgan fingerprint density at radius 3 is 2.30 bits per heavy atom. The van der Waals surface area contributed by atoms with E-state index in [9.17, 15) is 14.4 Å². The number of hydrogen-bond acceptors (Lipinski definition) is 8. The molecule has 0 atom stereocenters. The fraction of sp³-hybridized carbons (Fsp3) is 0.222. The second-order valence-corrected chi connectivity index (χ2v) is 6.24. The molecule has 0 aliphatic rings. The van der Waals surface area contributed by atoms with E-state index in [1.54, 1.807) is 31.2 Å². The topological polar surface area (TPSA) is 115 Å². The smallest absolute Gasteiger partial charge is 0.348 e. The zero-order valence-electron chi connectivity index (χ0n) is 14.8. The molecule has 9 heteroatoms. The number of hydrogen-bond donors (Lipinski definition) is 1. The van der Waals surface area contributed by atoms with Gasteiger partial charge < -0.3 is 19.5 Å². The number of carbonyl (C=O) groups excluding carboxylic acids is 3. The molecule has 0 spiro atoms. The summed E-state index contributed by atoms with van der Waals surface area (Å²) in [5.74, 6) is -1.41. The number of nitrogens with zero attached hydrogens (tertiary/aromatic N) is 1. The number of ether oxygens (including phenoxy) is 3. The maximum atomic E-state index is 12.2. The van der Waals surface area contributed by atoms with Crippen LogP contribution in [0.4, 0.5) is 5.00 Å². The molecular weight excluding hydrogens is 372 g/mol. The predicted octanol–water partition coefficient (Wildman–Crippen LogP) is 2.52. The van der Waals surface area contributed by atoms with Gasteiger partial charge in [0.2, 0.25) is 0 Å². The molecule has 0 saturated heterocycles. The van der Waals surface area contributed by atoms with Crippen molar-refractivity contribution in [3.05, 3.63) is 45.8 Å². The monoisotopic (exact) mass is 388 g/mol. The molecular formula is C18H16N2O6S. The maximum Gasteiger partial charge on any atom is 0.348 e. The van der Waals surface area contributed by atoms with Gasteiger partial charge in [-0.2, -0.15) is 5.26 Å². The minimum absolute atomic E-state index is 0.0922. The standard InChI is InChI=1S/C18H16N2O6S/c1-10-14(17(22)24-2)16(27-15(10)18(23)25-3)20-13(21)9-26-12-6-4-11(8-19)5-7-12/h4-7H,9H2,1-3H3,(H,20,21). The van der Waals surface area contributed by atoms with Gasteiger partial charge in [-0.15, -0.1) is 11.3 Å². The van der Waals surface area contributed by atoms with Crippen LogP contribution >= 0.6 is 11.3 Å². The SMILES string of the molecule is COC(=O)c1sc(NC(=O)COc2ccc(C#N)cc2)c(C(=O)OC)c1C. The summed E-state index contributed by atoms with van der Waals surface area (Å²) in [5.41, 5.74) is 0.926.